The lowest BCUT2D eigenvalue weighted by Gasteiger charge is -2.03. The van der Waals surface area contributed by atoms with Crippen molar-refractivity contribution < 1.29 is 9.53 Å². The summed E-state index contributed by atoms with van der Waals surface area (Å²) in [5.41, 5.74) is 0.482. The van der Waals surface area contributed by atoms with Crippen LogP contribution in [0.25, 0.3) is 0 Å². The van der Waals surface area contributed by atoms with Gasteiger partial charge in [0.2, 0.25) is 0 Å². The molecule has 0 N–H and O–H groups in total. The minimum atomic E-state index is -0.265. The van der Waals surface area contributed by atoms with Crippen LogP contribution in [0.5, 0.6) is 0 Å². The lowest BCUT2D eigenvalue weighted by Crippen LogP contribution is -2.03. The Bertz CT molecular complexity index is 160. The number of ether oxygens (including phenoxy) is 1. The number of rotatable bonds is 6. The average Bonchev–Trinajstić information content (AvgIpc) is 2.03. The van der Waals surface area contributed by atoms with Crippen molar-refractivity contribution in [1.82, 2.24) is 0 Å². The summed E-state index contributed by atoms with van der Waals surface area (Å²) in [6.07, 6.45) is 4.16. The summed E-state index contributed by atoms with van der Waals surface area (Å²) in [4.78, 5) is 10.9. The van der Waals surface area contributed by atoms with Crippen LogP contribution in [0.4, 0.5) is 0 Å². The van der Waals surface area contributed by atoms with Gasteiger partial charge >= 0.3 is 5.97 Å². The molecule has 0 aliphatic carbocycles. The van der Waals surface area contributed by atoms with Crippen molar-refractivity contribution in [3.63, 3.8) is 0 Å². The van der Waals surface area contributed by atoms with Crippen molar-refractivity contribution in [3.05, 3.63) is 12.2 Å². The van der Waals surface area contributed by atoms with Crippen molar-refractivity contribution in [1.29, 1.82) is 0 Å². The van der Waals surface area contributed by atoms with Crippen LogP contribution in [0, 0.1) is 0 Å². The topological polar surface area (TPSA) is 26.3 Å². The highest BCUT2D eigenvalue weighted by Crippen LogP contribution is 2.12. The van der Waals surface area contributed by atoms with Crippen LogP contribution in [0.3, 0.4) is 0 Å². The lowest BCUT2D eigenvalue weighted by atomic mass is 10.4. The van der Waals surface area contributed by atoms with Crippen LogP contribution in [0.15, 0.2) is 12.2 Å². The Hall–Kier alpha value is -0.0700. The number of carbonyl (C=O) groups excluding carboxylic acids is 1. The molecular weight excluding hydrogens is 207 g/mol. The average molecular weight is 225 g/mol. The molecule has 2 nitrogen and oxygen atoms in total. The molecule has 0 aromatic heterocycles. The van der Waals surface area contributed by atoms with Gasteiger partial charge < -0.3 is 4.74 Å². The molecule has 0 rings (SSSR count). The van der Waals surface area contributed by atoms with Gasteiger partial charge in [-0.2, -0.15) is 0 Å². The molecule has 1 atom stereocenters. The summed E-state index contributed by atoms with van der Waals surface area (Å²) in [7, 11) is 0.740. The van der Waals surface area contributed by atoms with Crippen LogP contribution in [-0.2, 0) is 9.53 Å². The largest absolute Gasteiger partial charge is 0.458 e. The van der Waals surface area contributed by atoms with Crippen LogP contribution < -0.4 is 0 Å². The fraction of sp³-hybridized carbons (Fsp3) is 0.667. The monoisotopic (exact) mass is 224 g/mol. The van der Waals surface area contributed by atoms with E-state index in [1.165, 1.54) is 19.0 Å². The molecule has 4 heteroatoms. The van der Waals surface area contributed by atoms with E-state index in [0.29, 0.717) is 11.9 Å². The molecule has 13 heavy (non-hydrogen) atoms. The van der Waals surface area contributed by atoms with E-state index in [1.807, 2.05) is 0 Å². The Morgan fingerprint density at radius 2 is 2.15 bits per heavy atom. The quantitative estimate of drug-likeness (QED) is 0.300. The molecule has 0 saturated carbocycles. The van der Waals surface area contributed by atoms with Gasteiger partial charge in [0.1, 0.15) is 6.35 Å². The Morgan fingerprint density at radius 1 is 1.54 bits per heavy atom. The Balaban J connectivity index is 0. The Kier molecular flexibility index (Phi) is 11.9. The van der Waals surface area contributed by atoms with E-state index in [2.05, 4.69) is 13.5 Å². The second-order valence-corrected chi connectivity index (χ2v) is 4.00. The third-order valence-corrected chi connectivity index (χ3v) is 2.42. The normalized spacial score (nSPS) is 9.69. The van der Waals surface area contributed by atoms with E-state index < -0.39 is 0 Å². The first kappa shape index (κ1) is 15.4. The van der Waals surface area contributed by atoms with Gasteiger partial charge in [-0.3, -0.25) is 0 Å². The number of halogens is 1. The molecule has 0 aromatic carbocycles. The van der Waals surface area contributed by atoms with Crippen molar-refractivity contribution in [3.8, 4) is 0 Å². The maximum Gasteiger partial charge on any atom is 0.333 e. The summed E-state index contributed by atoms with van der Waals surface area (Å²) in [5.74, 6) is -0.265. The minimum absolute atomic E-state index is 0. The molecule has 0 aliphatic heterocycles. The third kappa shape index (κ3) is 9.85. The Morgan fingerprint density at radius 3 is 2.62 bits per heavy atom. The molecule has 0 saturated heterocycles. The first-order chi connectivity index (χ1) is 5.68. The van der Waals surface area contributed by atoms with E-state index >= 15 is 0 Å². The molecule has 78 valence electrons. The molecule has 0 spiro atoms. The zero-order valence-electron chi connectivity index (χ0n) is 8.26. The minimum Gasteiger partial charge on any atom is -0.458 e. The van der Waals surface area contributed by atoms with Gasteiger partial charge in [0.25, 0.3) is 0 Å². The molecule has 0 aliphatic rings. The number of hydrogen-bond donors (Lipinski definition) is 0. The van der Waals surface area contributed by atoms with Gasteiger partial charge in [0.15, 0.2) is 0 Å². The predicted molar refractivity (Wildman–Crippen MR) is 61.1 cm³/mol. The molecule has 0 bridgehead atoms. The molecule has 0 heterocycles. The number of unbranched alkanes of at least 4 members (excludes halogenated alkanes) is 1. The molecule has 0 radical (unpaired) electrons. The van der Waals surface area contributed by atoms with Crippen LogP contribution in [0.1, 0.15) is 26.7 Å². The van der Waals surface area contributed by atoms with Gasteiger partial charge in [-0.15, -0.1) is 12.4 Å². The summed E-state index contributed by atoms with van der Waals surface area (Å²) in [6, 6.07) is 0. The molecule has 0 aromatic rings. The molecule has 0 amide bonds. The van der Waals surface area contributed by atoms with E-state index in [-0.39, 0.29) is 18.4 Å². The second-order valence-electron chi connectivity index (χ2n) is 2.71. The van der Waals surface area contributed by atoms with Gasteiger partial charge in [0.05, 0.1) is 0 Å². The van der Waals surface area contributed by atoms with E-state index in [1.54, 1.807) is 6.92 Å². The number of carbonyl (C=O) groups is 1. The lowest BCUT2D eigenvalue weighted by molar-refractivity contribution is -0.136. The first-order valence-corrected chi connectivity index (χ1v) is 5.63. The van der Waals surface area contributed by atoms with Crippen molar-refractivity contribution in [2.75, 3.05) is 12.5 Å². The van der Waals surface area contributed by atoms with Gasteiger partial charge in [-0.05, 0) is 19.5 Å². The van der Waals surface area contributed by atoms with Gasteiger partial charge in [-0.25, -0.2) is 4.79 Å². The predicted octanol–water partition coefficient (Wildman–Crippen LogP) is 2.96. The zero-order valence-corrected chi connectivity index (χ0v) is 10.1. The third-order valence-electron chi connectivity index (χ3n) is 1.36. The Labute approximate surface area is 88.3 Å². The van der Waals surface area contributed by atoms with E-state index in [4.69, 9.17) is 4.74 Å². The van der Waals surface area contributed by atoms with E-state index in [0.717, 1.165) is 8.58 Å². The maximum absolute atomic E-state index is 10.9. The zero-order chi connectivity index (χ0) is 9.40. The smallest absolute Gasteiger partial charge is 0.333 e. The highest BCUT2D eigenvalue weighted by molar-refractivity contribution is 7.37. The summed E-state index contributed by atoms with van der Waals surface area (Å²) in [6.45, 7) is 7.32. The van der Waals surface area contributed by atoms with Crippen LogP contribution in [-0.4, -0.2) is 18.5 Å². The maximum atomic E-state index is 10.9. The summed E-state index contributed by atoms with van der Waals surface area (Å²) >= 11 is 0. The standard InChI is InChI=1S/C9H17O2P.ClH/c1-4-5-6-12-7-11-9(10)8(2)3;/h12H,2,4-7H2,1,3H3;1H. The highest BCUT2D eigenvalue weighted by Gasteiger charge is 2.00. The first-order valence-electron chi connectivity index (χ1n) is 4.21. The highest BCUT2D eigenvalue weighted by atomic mass is 35.5. The van der Waals surface area contributed by atoms with Crippen LogP contribution in [0.2, 0.25) is 0 Å². The molecular formula is C9H18ClO2P. The van der Waals surface area contributed by atoms with Crippen molar-refractivity contribution in [2.45, 2.75) is 26.7 Å². The summed E-state index contributed by atoms with van der Waals surface area (Å²) < 4.78 is 4.92. The SMILES string of the molecule is C=C(C)C(=O)OCPCCCC.Cl. The second kappa shape index (κ2) is 10.0. The van der Waals surface area contributed by atoms with Crippen LogP contribution >= 0.6 is 21.0 Å². The van der Waals surface area contributed by atoms with Crippen molar-refractivity contribution in [2.24, 2.45) is 0 Å². The van der Waals surface area contributed by atoms with Crippen molar-refractivity contribution >= 4 is 27.0 Å². The van der Waals surface area contributed by atoms with Gasteiger partial charge in [-0.1, -0.05) is 28.5 Å². The van der Waals surface area contributed by atoms with Gasteiger partial charge in [0, 0.05) is 5.57 Å². The fourth-order valence-corrected chi connectivity index (χ4v) is 1.59. The molecule has 0 fully saturated rings. The van der Waals surface area contributed by atoms with E-state index in [9.17, 15) is 4.79 Å². The molecule has 1 unspecified atom stereocenters. The summed E-state index contributed by atoms with van der Waals surface area (Å²) in [5, 5.41) is 0. The number of hydrogen-bond acceptors (Lipinski definition) is 2. The fourth-order valence-electron chi connectivity index (χ4n) is 0.614. The number of esters is 1.